The molecule has 0 saturated carbocycles. The first-order valence-electron chi connectivity index (χ1n) is 6.34. The van der Waals surface area contributed by atoms with Gasteiger partial charge in [0.15, 0.2) is 6.10 Å². The van der Waals surface area contributed by atoms with Crippen LogP contribution in [0.4, 0.5) is 13.2 Å². The highest BCUT2D eigenvalue weighted by atomic mass is 35.5. The summed E-state index contributed by atoms with van der Waals surface area (Å²) >= 11 is 5.69. The first-order valence-corrected chi connectivity index (χ1v) is 6.72. The van der Waals surface area contributed by atoms with Gasteiger partial charge in [-0.05, 0) is 24.6 Å². The zero-order chi connectivity index (χ0) is 16.8. The van der Waals surface area contributed by atoms with E-state index >= 15 is 0 Å². The summed E-state index contributed by atoms with van der Waals surface area (Å²) < 4.78 is 45.5. The summed E-state index contributed by atoms with van der Waals surface area (Å²) in [7, 11) is 0. The molecule has 0 spiro atoms. The number of halogens is 4. The smallest absolute Gasteiger partial charge is 0.425 e. The van der Waals surface area contributed by atoms with E-state index in [-0.39, 0.29) is 13.0 Å². The van der Waals surface area contributed by atoms with Gasteiger partial charge in [-0.2, -0.15) is 13.2 Å². The summed E-state index contributed by atoms with van der Waals surface area (Å²) in [5.74, 6) is -1.81. The number of rotatable bonds is 6. The third-order valence-corrected chi connectivity index (χ3v) is 2.87. The Morgan fingerprint density at radius 1 is 1.14 bits per heavy atom. The van der Waals surface area contributed by atoms with Crippen LogP contribution in [0.15, 0.2) is 24.3 Å². The normalized spacial score (nSPS) is 12.6. The van der Waals surface area contributed by atoms with Gasteiger partial charge in [0.25, 0.3) is 0 Å². The van der Waals surface area contributed by atoms with Crippen LogP contribution in [0.2, 0.25) is 5.02 Å². The van der Waals surface area contributed by atoms with E-state index in [1.165, 1.54) is 0 Å². The highest BCUT2D eigenvalue weighted by Gasteiger charge is 2.39. The van der Waals surface area contributed by atoms with Crippen LogP contribution in [0, 0.1) is 0 Å². The van der Waals surface area contributed by atoms with Crippen molar-refractivity contribution in [2.75, 3.05) is 0 Å². The SMILES string of the molecule is CC(OC(=O)CCC(=O)OCc1ccc(Cl)cc1)C(F)(F)F. The van der Waals surface area contributed by atoms with Crippen LogP contribution in [-0.2, 0) is 25.7 Å². The molecule has 0 fully saturated rings. The van der Waals surface area contributed by atoms with Crippen molar-refractivity contribution in [2.24, 2.45) is 0 Å². The summed E-state index contributed by atoms with van der Waals surface area (Å²) in [5, 5.41) is 0.539. The Morgan fingerprint density at radius 3 is 2.23 bits per heavy atom. The Bertz CT molecular complexity index is 514. The van der Waals surface area contributed by atoms with E-state index < -0.39 is 30.6 Å². The predicted octanol–water partition coefficient (Wildman–Crippen LogP) is 3.66. The molecule has 0 aliphatic heterocycles. The van der Waals surface area contributed by atoms with Gasteiger partial charge < -0.3 is 9.47 Å². The molecule has 0 N–H and O–H groups in total. The molecular weight excluding hydrogens is 325 g/mol. The lowest BCUT2D eigenvalue weighted by molar-refractivity contribution is -0.216. The van der Waals surface area contributed by atoms with E-state index in [1.807, 2.05) is 0 Å². The van der Waals surface area contributed by atoms with Crippen molar-refractivity contribution in [1.82, 2.24) is 0 Å². The van der Waals surface area contributed by atoms with Crippen LogP contribution in [0.1, 0.15) is 25.3 Å². The third-order valence-electron chi connectivity index (χ3n) is 2.62. The zero-order valence-electron chi connectivity index (χ0n) is 11.7. The Balaban J connectivity index is 2.28. The van der Waals surface area contributed by atoms with Crippen molar-refractivity contribution in [1.29, 1.82) is 0 Å². The number of carbonyl (C=O) groups excluding carboxylic acids is 2. The molecule has 1 atom stereocenters. The number of hydrogen-bond donors (Lipinski definition) is 0. The van der Waals surface area contributed by atoms with E-state index in [0.717, 1.165) is 6.92 Å². The molecule has 0 aliphatic rings. The fraction of sp³-hybridized carbons (Fsp3) is 0.429. The van der Waals surface area contributed by atoms with E-state index in [4.69, 9.17) is 16.3 Å². The van der Waals surface area contributed by atoms with Crippen molar-refractivity contribution in [2.45, 2.75) is 38.7 Å². The highest BCUT2D eigenvalue weighted by molar-refractivity contribution is 6.30. The number of esters is 2. The van der Waals surface area contributed by atoms with Gasteiger partial charge in [-0.3, -0.25) is 9.59 Å². The summed E-state index contributed by atoms with van der Waals surface area (Å²) in [6.07, 6.45) is -7.65. The lowest BCUT2D eigenvalue weighted by Gasteiger charge is -2.16. The number of benzene rings is 1. The summed E-state index contributed by atoms with van der Waals surface area (Å²) in [4.78, 5) is 22.6. The zero-order valence-corrected chi connectivity index (χ0v) is 12.4. The van der Waals surface area contributed by atoms with Crippen LogP contribution in [-0.4, -0.2) is 24.2 Å². The molecule has 1 rings (SSSR count). The van der Waals surface area contributed by atoms with E-state index in [1.54, 1.807) is 24.3 Å². The van der Waals surface area contributed by atoms with Crippen LogP contribution in [0.3, 0.4) is 0 Å². The molecule has 22 heavy (non-hydrogen) atoms. The second-order valence-electron chi connectivity index (χ2n) is 4.46. The molecule has 1 aromatic rings. The lowest BCUT2D eigenvalue weighted by atomic mass is 10.2. The van der Waals surface area contributed by atoms with Gasteiger partial charge >= 0.3 is 18.1 Å². The molecule has 8 heteroatoms. The van der Waals surface area contributed by atoms with Gasteiger partial charge in [0, 0.05) is 5.02 Å². The number of ether oxygens (including phenoxy) is 2. The average Bonchev–Trinajstić information content (AvgIpc) is 2.43. The molecule has 0 aromatic heterocycles. The first-order chi connectivity index (χ1) is 10.2. The van der Waals surface area contributed by atoms with Crippen molar-refractivity contribution < 1.29 is 32.2 Å². The first kappa shape index (κ1) is 18.3. The summed E-state index contributed by atoms with van der Waals surface area (Å²) in [6, 6.07) is 6.57. The maximum atomic E-state index is 12.2. The molecule has 1 unspecified atom stereocenters. The molecular formula is C14H14ClF3O4. The summed E-state index contributed by atoms with van der Waals surface area (Å²) in [6.45, 7) is 0.709. The van der Waals surface area contributed by atoms with Crippen molar-refractivity contribution in [3.63, 3.8) is 0 Å². The van der Waals surface area contributed by atoms with Crippen LogP contribution in [0.25, 0.3) is 0 Å². The molecule has 0 aliphatic carbocycles. The molecule has 1 aromatic carbocycles. The molecule has 0 heterocycles. The minimum absolute atomic E-state index is 0.00992. The number of carbonyl (C=O) groups is 2. The van der Waals surface area contributed by atoms with Gasteiger partial charge in [-0.1, -0.05) is 23.7 Å². The Morgan fingerprint density at radius 2 is 1.68 bits per heavy atom. The van der Waals surface area contributed by atoms with Crippen molar-refractivity contribution in [3.05, 3.63) is 34.9 Å². The Hall–Kier alpha value is -1.76. The predicted molar refractivity (Wildman–Crippen MR) is 72.1 cm³/mol. The van der Waals surface area contributed by atoms with Crippen LogP contribution in [0.5, 0.6) is 0 Å². The molecule has 0 bridgehead atoms. The number of alkyl halides is 3. The van der Waals surface area contributed by atoms with E-state index in [2.05, 4.69) is 4.74 Å². The molecule has 4 nitrogen and oxygen atoms in total. The quantitative estimate of drug-likeness (QED) is 0.743. The second-order valence-corrected chi connectivity index (χ2v) is 4.90. The van der Waals surface area contributed by atoms with Crippen molar-refractivity contribution >= 4 is 23.5 Å². The topological polar surface area (TPSA) is 52.6 Å². The fourth-order valence-corrected chi connectivity index (χ4v) is 1.47. The van der Waals surface area contributed by atoms with E-state index in [9.17, 15) is 22.8 Å². The van der Waals surface area contributed by atoms with Crippen LogP contribution >= 0.6 is 11.6 Å². The maximum Gasteiger partial charge on any atom is 0.425 e. The molecule has 122 valence electrons. The number of hydrogen-bond acceptors (Lipinski definition) is 4. The standard InChI is InChI=1S/C14H14ClF3O4/c1-9(14(16,17)18)22-13(20)7-6-12(19)21-8-10-2-4-11(15)5-3-10/h2-5,9H,6-8H2,1H3. The van der Waals surface area contributed by atoms with Gasteiger partial charge in [0.2, 0.25) is 0 Å². The minimum Gasteiger partial charge on any atom is -0.461 e. The van der Waals surface area contributed by atoms with E-state index in [0.29, 0.717) is 10.6 Å². The summed E-state index contributed by atoms with van der Waals surface area (Å²) in [5.41, 5.74) is 0.700. The molecule has 0 saturated heterocycles. The minimum atomic E-state index is -4.62. The van der Waals surface area contributed by atoms with Crippen LogP contribution < -0.4 is 0 Å². The molecule has 0 radical (unpaired) electrons. The van der Waals surface area contributed by atoms with Gasteiger partial charge in [-0.15, -0.1) is 0 Å². The Labute approximate surface area is 130 Å². The maximum absolute atomic E-state index is 12.2. The third kappa shape index (κ3) is 6.80. The fourth-order valence-electron chi connectivity index (χ4n) is 1.34. The largest absolute Gasteiger partial charge is 0.461 e. The lowest BCUT2D eigenvalue weighted by Crippen LogP contribution is -2.31. The average molecular weight is 339 g/mol. The van der Waals surface area contributed by atoms with Gasteiger partial charge in [0.05, 0.1) is 12.8 Å². The second kappa shape index (κ2) is 8.03. The molecule has 0 amide bonds. The van der Waals surface area contributed by atoms with Crippen molar-refractivity contribution in [3.8, 4) is 0 Å². The highest BCUT2D eigenvalue weighted by Crippen LogP contribution is 2.22. The van der Waals surface area contributed by atoms with Gasteiger partial charge in [0.1, 0.15) is 6.61 Å². The Kier molecular flexibility index (Phi) is 6.67. The van der Waals surface area contributed by atoms with Gasteiger partial charge in [-0.25, -0.2) is 0 Å². The monoisotopic (exact) mass is 338 g/mol.